The van der Waals surface area contributed by atoms with Crippen molar-refractivity contribution in [3.8, 4) is 17.3 Å². The Morgan fingerprint density at radius 2 is 1.22 bits per heavy atom. The molecule has 0 saturated heterocycles. The van der Waals surface area contributed by atoms with E-state index in [1.807, 2.05) is 6.20 Å². The first-order valence-electron chi connectivity index (χ1n) is 17.7. The lowest BCUT2D eigenvalue weighted by atomic mass is 9.86. The molecule has 2 aromatic heterocycles. The van der Waals surface area contributed by atoms with Crippen LogP contribution in [0.15, 0.2) is 91.4 Å². The molecular formula is C45H50N4O. The van der Waals surface area contributed by atoms with Crippen LogP contribution in [0.4, 0.5) is 11.4 Å². The van der Waals surface area contributed by atoms with Crippen LogP contribution in [0.3, 0.4) is 0 Å². The Hall–Kier alpha value is -5.03. The van der Waals surface area contributed by atoms with Gasteiger partial charge < -0.3 is 14.5 Å². The molecule has 1 aliphatic rings. The van der Waals surface area contributed by atoms with Crippen molar-refractivity contribution in [1.82, 2.24) is 9.55 Å². The summed E-state index contributed by atoms with van der Waals surface area (Å²) in [4.78, 5) is 9.56. The molecule has 0 N–H and O–H groups in total. The largest absolute Gasteiger partial charge is 0.457 e. The number of anilines is 2. The average molecular weight is 663 g/mol. The van der Waals surface area contributed by atoms with E-state index >= 15 is 0 Å². The smallest absolute Gasteiger partial charge is 0.137 e. The van der Waals surface area contributed by atoms with Crippen molar-refractivity contribution in [2.24, 2.45) is 0 Å². The van der Waals surface area contributed by atoms with Crippen molar-refractivity contribution in [3.05, 3.63) is 130 Å². The molecule has 0 amide bonds. The maximum absolute atomic E-state index is 6.78. The molecule has 5 heteroatoms. The van der Waals surface area contributed by atoms with E-state index in [1.54, 1.807) is 0 Å². The van der Waals surface area contributed by atoms with E-state index in [-0.39, 0.29) is 10.8 Å². The predicted molar refractivity (Wildman–Crippen MR) is 212 cm³/mol. The number of ether oxygens (including phenoxy) is 1. The summed E-state index contributed by atoms with van der Waals surface area (Å²) in [5, 5.41) is 2.37. The van der Waals surface area contributed by atoms with Crippen LogP contribution in [0, 0.1) is 34.6 Å². The maximum Gasteiger partial charge on any atom is 0.137 e. The number of para-hydroxylation sites is 1. The third kappa shape index (κ3) is 5.83. The number of nitrogens with zero attached hydrogens (tertiary/aromatic N) is 4. The zero-order valence-corrected chi connectivity index (χ0v) is 31.6. The van der Waals surface area contributed by atoms with E-state index in [9.17, 15) is 0 Å². The van der Waals surface area contributed by atoms with Crippen LogP contribution in [-0.4, -0.2) is 16.2 Å². The summed E-state index contributed by atoms with van der Waals surface area (Å²) in [6.45, 7) is 25.5. The second-order valence-electron chi connectivity index (χ2n) is 16.1. The normalized spacial score (nSPS) is 13.7. The molecule has 0 radical (unpaired) electrons. The van der Waals surface area contributed by atoms with Crippen LogP contribution in [0.1, 0.15) is 80.5 Å². The Kier molecular flexibility index (Phi) is 8.09. The Morgan fingerprint density at radius 3 is 1.92 bits per heavy atom. The van der Waals surface area contributed by atoms with Crippen LogP contribution in [-0.2, 0) is 10.8 Å². The minimum Gasteiger partial charge on any atom is -0.457 e. The zero-order chi connectivity index (χ0) is 35.7. The van der Waals surface area contributed by atoms with Crippen molar-refractivity contribution < 1.29 is 4.74 Å². The van der Waals surface area contributed by atoms with Crippen molar-refractivity contribution >= 4 is 33.2 Å². The fourth-order valence-electron chi connectivity index (χ4n) is 7.29. The topological polar surface area (TPSA) is 33.5 Å². The molecule has 4 aromatic carbocycles. The molecule has 1 aliphatic heterocycles. The van der Waals surface area contributed by atoms with Crippen LogP contribution < -0.4 is 14.5 Å². The molecule has 0 saturated carbocycles. The maximum atomic E-state index is 6.78. The molecule has 50 heavy (non-hydrogen) atoms. The van der Waals surface area contributed by atoms with Crippen molar-refractivity contribution in [2.45, 2.75) is 87.0 Å². The van der Waals surface area contributed by atoms with Crippen LogP contribution in [0.2, 0.25) is 0 Å². The predicted octanol–water partition coefficient (Wildman–Crippen LogP) is 11.9. The van der Waals surface area contributed by atoms with E-state index in [4.69, 9.17) is 9.72 Å². The van der Waals surface area contributed by atoms with Crippen molar-refractivity contribution in [1.29, 1.82) is 0 Å². The Balaban J connectivity index is 1.28. The Morgan fingerprint density at radius 1 is 0.580 bits per heavy atom. The summed E-state index contributed by atoms with van der Waals surface area (Å²) in [6.07, 6.45) is 6.33. The second-order valence-corrected chi connectivity index (χ2v) is 16.1. The number of aromatic nitrogens is 2. The highest BCUT2D eigenvalue weighted by atomic mass is 16.5. The number of hydrogen-bond donors (Lipinski definition) is 0. The lowest BCUT2D eigenvalue weighted by molar-refractivity contribution is 0.479. The Bertz CT molecular complexity index is 2280. The minimum atomic E-state index is -0.0598. The van der Waals surface area contributed by atoms with Gasteiger partial charge in [-0.1, -0.05) is 59.7 Å². The van der Waals surface area contributed by atoms with Crippen molar-refractivity contribution in [2.75, 3.05) is 16.5 Å². The number of rotatable bonds is 5. The van der Waals surface area contributed by atoms with E-state index in [0.29, 0.717) is 0 Å². The van der Waals surface area contributed by atoms with Gasteiger partial charge in [0, 0.05) is 52.9 Å². The SMILES string of the molecule is Cc1c(C)c(C)c(N2C=CN(c3cc(Oc4ccc5c6ccccc6n(-c6cc(C(C)(C)C)ccn6)c5c4)cc(C(C)(C)C)c3)C2)c(C)c1C. The van der Waals surface area contributed by atoms with Crippen LogP contribution >= 0.6 is 0 Å². The summed E-state index contributed by atoms with van der Waals surface area (Å²) < 4.78 is 9.05. The van der Waals surface area contributed by atoms with Gasteiger partial charge in [0.05, 0.1) is 17.7 Å². The number of pyridine rings is 1. The molecule has 7 rings (SSSR count). The third-order valence-corrected chi connectivity index (χ3v) is 10.8. The summed E-state index contributed by atoms with van der Waals surface area (Å²) in [5.41, 5.74) is 13.9. The van der Waals surface area contributed by atoms with Gasteiger partial charge in [0.25, 0.3) is 0 Å². The van der Waals surface area contributed by atoms with Gasteiger partial charge in [-0.3, -0.25) is 4.57 Å². The second kappa shape index (κ2) is 12.1. The van der Waals surface area contributed by atoms with Gasteiger partial charge in [-0.05, 0) is 127 Å². The van der Waals surface area contributed by atoms with Gasteiger partial charge in [0.1, 0.15) is 17.3 Å². The number of fused-ring (bicyclic) bond motifs is 3. The van der Waals surface area contributed by atoms with Crippen LogP contribution in [0.25, 0.3) is 27.6 Å². The molecule has 0 bridgehead atoms. The lowest BCUT2D eigenvalue weighted by Gasteiger charge is -2.28. The first-order valence-corrected chi connectivity index (χ1v) is 17.7. The van der Waals surface area contributed by atoms with E-state index in [2.05, 4.69) is 176 Å². The molecule has 5 nitrogen and oxygen atoms in total. The van der Waals surface area contributed by atoms with E-state index in [1.165, 1.54) is 55.4 Å². The quantitative estimate of drug-likeness (QED) is 0.184. The minimum absolute atomic E-state index is 0.0116. The molecule has 0 spiro atoms. The highest BCUT2D eigenvalue weighted by Crippen LogP contribution is 2.40. The molecule has 0 unspecified atom stereocenters. The monoisotopic (exact) mass is 662 g/mol. The summed E-state index contributed by atoms with van der Waals surface area (Å²) in [6, 6.07) is 26.0. The van der Waals surface area contributed by atoms with Gasteiger partial charge in [0.15, 0.2) is 0 Å². The molecule has 0 atom stereocenters. The Labute approximate surface area is 297 Å². The first-order chi connectivity index (χ1) is 23.6. The number of hydrogen-bond acceptors (Lipinski definition) is 4. The third-order valence-electron chi connectivity index (χ3n) is 10.8. The number of benzene rings is 4. The van der Waals surface area contributed by atoms with Gasteiger partial charge in [-0.25, -0.2) is 4.98 Å². The molecule has 6 aromatic rings. The highest BCUT2D eigenvalue weighted by Gasteiger charge is 2.24. The summed E-state index contributed by atoms with van der Waals surface area (Å²) in [5.74, 6) is 2.53. The summed E-state index contributed by atoms with van der Waals surface area (Å²) >= 11 is 0. The zero-order valence-electron chi connectivity index (χ0n) is 31.6. The van der Waals surface area contributed by atoms with E-state index < -0.39 is 0 Å². The molecule has 256 valence electrons. The van der Waals surface area contributed by atoms with Gasteiger partial charge in [-0.2, -0.15) is 0 Å². The summed E-state index contributed by atoms with van der Waals surface area (Å²) in [7, 11) is 0. The standard InChI is InChI=1S/C45H50N4O/c1-28-29(2)31(4)43(32(5)30(28)3)48-21-20-47(27-48)35-22-34(45(9,10)11)23-37(25-35)50-36-16-17-39-38-14-12-13-15-40(38)49(41(39)26-36)42-24-33(18-19-46-42)44(6,7)8/h12-26H,27H2,1-11H3. The average Bonchev–Trinajstić information content (AvgIpc) is 3.69. The lowest BCUT2D eigenvalue weighted by Crippen LogP contribution is -2.26. The molecular weight excluding hydrogens is 613 g/mol. The fraction of sp³-hybridized carbons (Fsp3) is 0.311. The molecule has 3 heterocycles. The van der Waals surface area contributed by atoms with Gasteiger partial charge in [0.2, 0.25) is 0 Å². The van der Waals surface area contributed by atoms with Gasteiger partial charge in [-0.15, -0.1) is 0 Å². The van der Waals surface area contributed by atoms with Crippen molar-refractivity contribution in [3.63, 3.8) is 0 Å². The molecule has 0 aliphatic carbocycles. The molecule has 0 fully saturated rings. The van der Waals surface area contributed by atoms with Gasteiger partial charge >= 0.3 is 0 Å². The van der Waals surface area contributed by atoms with E-state index in [0.717, 1.165) is 40.7 Å². The highest BCUT2D eigenvalue weighted by molar-refractivity contribution is 6.09. The first kappa shape index (κ1) is 33.5. The fourth-order valence-corrected chi connectivity index (χ4v) is 7.29. The van der Waals surface area contributed by atoms with Crippen LogP contribution in [0.5, 0.6) is 11.5 Å².